The van der Waals surface area contributed by atoms with E-state index >= 15 is 0 Å². The third kappa shape index (κ3) is 4.80. The maximum absolute atomic E-state index is 12.8. The second-order valence-electron chi connectivity index (χ2n) is 14.4. The van der Waals surface area contributed by atoms with E-state index in [0.29, 0.717) is 41.7 Å². The van der Waals surface area contributed by atoms with Crippen molar-refractivity contribution in [2.24, 2.45) is 52.3 Å². The molecular formula is C32H48N2O7S. The van der Waals surface area contributed by atoms with Gasteiger partial charge < -0.3 is 25.0 Å². The number of rotatable bonds is 6. The predicted molar refractivity (Wildman–Crippen MR) is 157 cm³/mol. The first-order chi connectivity index (χ1) is 19.9. The van der Waals surface area contributed by atoms with Gasteiger partial charge in [0.15, 0.2) is 11.5 Å². The molecule has 4 N–H and O–H groups in total. The summed E-state index contributed by atoms with van der Waals surface area (Å²) in [5.41, 5.74) is 0.228. The van der Waals surface area contributed by atoms with Crippen LogP contribution in [0, 0.1) is 52.3 Å². The van der Waals surface area contributed by atoms with Gasteiger partial charge in [-0.15, -0.1) is 0 Å². The Morgan fingerprint density at radius 1 is 1.02 bits per heavy atom. The van der Waals surface area contributed by atoms with E-state index in [1.807, 2.05) is 0 Å². The van der Waals surface area contributed by atoms with Crippen LogP contribution in [0.2, 0.25) is 0 Å². The zero-order valence-corrected chi connectivity index (χ0v) is 26.2. The largest absolute Gasteiger partial charge is 0.454 e. The van der Waals surface area contributed by atoms with Crippen molar-refractivity contribution >= 4 is 16.1 Å². The van der Waals surface area contributed by atoms with E-state index in [9.17, 15) is 23.4 Å². The monoisotopic (exact) mass is 604 g/mol. The second kappa shape index (κ2) is 10.8. The number of hydrogen-bond acceptors (Lipinski definition) is 7. The van der Waals surface area contributed by atoms with Gasteiger partial charge in [0.2, 0.25) is 6.79 Å². The van der Waals surface area contributed by atoms with Crippen LogP contribution in [0.4, 0.5) is 4.79 Å². The van der Waals surface area contributed by atoms with Crippen LogP contribution in [0.15, 0.2) is 23.1 Å². The third-order valence-electron chi connectivity index (χ3n) is 12.6. The Bertz CT molecular complexity index is 1310. The lowest BCUT2D eigenvalue weighted by Crippen LogP contribution is -2.62. The number of hydrogen-bond donors (Lipinski definition) is 4. The van der Waals surface area contributed by atoms with E-state index < -0.39 is 16.1 Å². The van der Waals surface area contributed by atoms with E-state index in [2.05, 4.69) is 37.7 Å². The van der Waals surface area contributed by atoms with Gasteiger partial charge in [0.1, 0.15) is 0 Å². The molecule has 9 nitrogen and oxygen atoms in total. The van der Waals surface area contributed by atoms with Crippen molar-refractivity contribution < 1.29 is 32.9 Å². The Morgan fingerprint density at radius 3 is 2.50 bits per heavy atom. The molecule has 0 aromatic heterocycles. The number of carbonyl (C=O) groups excluding carboxylic acids is 1. The maximum Gasteiger partial charge on any atom is 0.328 e. The lowest BCUT2D eigenvalue weighted by atomic mass is 9.41. The summed E-state index contributed by atoms with van der Waals surface area (Å²) in [6.45, 7) is 9.62. The number of amides is 2. The van der Waals surface area contributed by atoms with Gasteiger partial charge >= 0.3 is 6.03 Å². The molecule has 10 heteroatoms. The quantitative estimate of drug-likeness (QED) is 0.371. The summed E-state index contributed by atoms with van der Waals surface area (Å²) in [6, 6.07) is 3.53. The average molecular weight is 605 g/mol. The summed E-state index contributed by atoms with van der Waals surface area (Å²) >= 11 is 0. The molecule has 5 aliphatic rings. The molecular weight excluding hydrogens is 556 g/mol. The zero-order chi connectivity index (χ0) is 30.0. The highest BCUT2D eigenvalue weighted by molar-refractivity contribution is 7.90. The third-order valence-corrected chi connectivity index (χ3v) is 13.9. The molecule has 4 aliphatic carbocycles. The molecule has 4 fully saturated rings. The van der Waals surface area contributed by atoms with Gasteiger partial charge in [0, 0.05) is 12.6 Å². The number of nitrogens with one attached hydrogen (secondary N) is 2. The predicted octanol–water partition coefficient (Wildman–Crippen LogP) is 4.67. The minimum absolute atomic E-state index is 0.0368. The number of benzene rings is 1. The topological polar surface area (TPSA) is 134 Å². The van der Waals surface area contributed by atoms with Gasteiger partial charge in [-0.1, -0.05) is 34.1 Å². The SMILES string of the molecule is CC[C@H]1[C@@H](O)[C@@H]2[C@H](CC[C@]3(C)[C@@H]([C@H](C)CNC(=O)NS(=O)(=O)c4ccc5c(c4)OCO5)CC[C@@H]23)[C@@]2(C)CC[C@@H](O)C[C@@H]12. The summed E-state index contributed by atoms with van der Waals surface area (Å²) in [7, 11) is -4.07. The van der Waals surface area contributed by atoms with Gasteiger partial charge in [-0.2, -0.15) is 0 Å². The van der Waals surface area contributed by atoms with Crippen molar-refractivity contribution in [3.63, 3.8) is 0 Å². The van der Waals surface area contributed by atoms with Gasteiger partial charge in [-0.3, -0.25) is 0 Å². The van der Waals surface area contributed by atoms with E-state index in [4.69, 9.17) is 9.47 Å². The van der Waals surface area contributed by atoms with E-state index in [-0.39, 0.29) is 52.5 Å². The normalized spacial score (nSPS) is 41.3. The van der Waals surface area contributed by atoms with Crippen LogP contribution in [0.3, 0.4) is 0 Å². The standard InChI is InChI=1S/C32H48N2O7S/c1-5-21-25-14-19(35)10-12-32(25,4)24-11-13-31(3)22(7-8-23(31)28(24)29(21)36)18(2)16-33-30(37)34-42(38,39)20-6-9-26-27(15-20)41-17-40-26/h6,9,15,18-19,21-25,28-29,35-36H,5,7-8,10-14,16-17H2,1-4H3,(H2,33,34,37)/t18-,19-,21-,22-,23+,24+,25+,28+,29-,31-,32-/m1/s1. The summed E-state index contributed by atoms with van der Waals surface area (Å²) < 4.78 is 38.3. The van der Waals surface area contributed by atoms with E-state index in [0.717, 1.165) is 51.4 Å². The van der Waals surface area contributed by atoms with Crippen molar-refractivity contribution in [1.82, 2.24) is 10.0 Å². The highest BCUT2D eigenvalue weighted by Gasteiger charge is 2.64. The zero-order valence-electron chi connectivity index (χ0n) is 25.3. The van der Waals surface area contributed by atoms with Gasteiger partial charge in [0.05, 0.1) is 17.1 Å². The van der Waals surface area contributed by atoms with Crippen LogP contribution in [0.25, 0.3) is 0 Å². The molecule has 0 bridgehead atoms. The molecule has 0 saturated heterocycles. The summed E-state index contributed by atoms with van der Waals surface area (Å²) in [4.78, 5) is 12.7. The van der Waals surface area contributed by atoms with Gasteiger partial charge in [-0.25, -0.2) is 17.9 Å². The fourth-order valence-electron chi connectivity index (χ4n) is 10.6. The number of aliphatic hydroxyl groups excluding tert-OH is 2. The van der Waals surface area contributed by atoms with Crippen LogP contribution in [-0.4, -0.2) is 50.2 Å². The molecule has 11 atom stereocenters. The van der Waals surface area contributed by atoms with Crippen LogP contribution in [0.5, 0.6) is 11.5 Å². The fraction of sp³-hybridized carbons (Fsp3) is 0.781. The Labute approximate surface area is 250 Å². The molecule has 2 amide bonds. The smallest absolute Gasteiger partial charge is 0.328 e. The lowest BCUT2D eigenvalue weighted by molar-refractivity contribution is -0.203. The molecule has 0 unspecified atom stereocenters. The van der Waals surface area contributed by atoms with Gasteiger partial charge in [-0.05, 0) is 109 Å². The van der Waals surface area contributed by atoms with Gasteiger partial charge in [0.25, 0.3) is 10.0 Å². The van der Waals surface area contributed by atoms with Crippen molar-refractivity contribution in [2.75, 3.05) is 13.3 Å². The molecule has 0 radical (unpaired) electrons. The number of aliphatic hydroxyl groups is 2. The van der Waals surface area contributed by atoms with Crippen LogP contribution in [-0.2, 0) is 10.0 Å². The number of sulfonamides is 1. The van der Waals surface area contributed by atoms with Crippen LogP contribution in [0.1, 0.15) is 79.1 Å². The molecule has 234 valence electrons. The molecule has 1 aliphatic heterocycles. The van der Waals surface area contributed by atoms with Crippen molar-refractivity contribution in [2.45, 2.75) is 96.2 Å². The number of urea groups is 1. The summed E-state index contributed by atoms with van der Waals surface area (Å²) in [6.07, 6.45) is 7.40. The highest BCUT2D eigenvalue weighted by Crippen LogP contribution is 2.69. The molecule has 4 saturated carbocycles. The summed E-state index contributed by atoms with van der Waals surface area (Å²) in [5.74, 6) is 3.12. The van der Waals surface area contributed by atoms with Crippen molar-refractivity contribution in [1.29, 1.82) is 0 Å². The first-order valence-electron chi connectivity index (χ1n) is 16.0. The van der Waals surface area contributed by atoms with E-state index in [1.54, 1.807) is 0 Å². The Hall–Kier alpha value is -2.04. The van der Waals surface area contributed by atoms with Crippen LogP contribution >= 0.6 is 0 Å². The first kappa shape index (κ1) is 30.0. The number of ether oxygens (including phenoxy) is 2. The molecule has 1 aromatic carbocycles. The van der Waals surface area contributed by atoms with Crippen molar-refractivity contribution in [3.8, 4) is 11.5 Å². The lowest BCUT2D eigenvalue weighted by Gasteiger charge is -2.64. The second-order valence-corrected chi connectivity index (χ2v) is 16.1. The first-order valence-corrected chi connectivity index (χ1v) is 17.4. The average Bonchev–Trinajstić information content (AvgIpc) is 3.56. The maximum atomic E-state index is 12.8. The molecule has 0 spiro atoms. The molecule has 42 heavy (non-hydrogen) atoms. The Morgan fingerprint density at radius 2 is 1.74 bits per heavy atom. The number of fused-ring (bicyclic) bond motifs is 6. The Balaban J connectivity index is 1.12. The van der Waals surface area contributed by atoms with Crippen LogP contribution < -0.4 is 19.5 Å². The number of carbonyl (C=O) groups is 1. The fourth-order valence-corrected chi connectivity index (χ4v) is 11.5. The van der Waals surface area contributed by atoms with E-state index in [1.165, 1.54) is 18.2 Å². The molecule has 1 heterocycles. The highest BCUT2D eigenvalue weighted by atomic mass is 32.2. The van der Waals surface area contributed by atoms with Crippen molar-refractivity contribution in [3.05, 3.63) is 18.2 Å². The minimum atomic E-state index is -4.07. The minimum Gasteiger partial charge on any atom is -0.454 e. The molecule has 6 rings (SSSR count). The Kier molecular flexibility index (Phi) is 7.75. The summed E-state index contributed by atoms with van der Waals surface area (Å²) in [5, 5.41) is 25.3. The molecule has 1 aromatic rings.